The summed E-state index contributed by atoms with van der Waals surface area (Å²) in [6.45, 7) is 1.04. The Balaban J connectivity index is 1.85. The van der Waals surface area contributed by atoms with Gasteiger partial charge in [-0.1, -0.05) is 30.1 Å². The van der Waals surface area contributed by atoms with Gasteiger partial charge in [-0.3, -0.25) is 0 Å². The van der Waals surface area contributed by atoms with Gasteiger partial charge in [0.2, 0.25) is 0 Å². The van der Waals surface area contributed by atoms with Crippen molar-refractivity contribution in [2.45, 2.75) is 44.0 Å². The number of hydrogen-bond donors (Lipinski definition) is 1. The molecule has 0 saturated carbocycles. The molecule has 0 saturated heterocycles. The highest BCUT2D eigenvalue weighted by Crippen LogP contribution is 2.48. The summed E-state index contributed by atoms with van der Waals surface area (Å²) in [4.78, 5) is 2.77. The summed E-state index contributed by atoms with van der Waals surface area (Å²) in [5.41, 5.74) is 9.65. The second-order valence-electron chi connectivity index (χ2n) is 8.74. The fourth-order valence-electron chi connectivity index (χ4n) is 4.17. The Labute approximate surface area is 228 Å². The van der Waals surface area contributed by atoms with Crippen molar-refractivity contribution >= 4 is 0 Å². The van der Waals surface area contributed by atoms with E-state index >= 15 is 0 Å². The maximum absolute atomic E-state index is 11.6. The quantitative estimate of drug-likeness (QED) is 0.0890. The second kappa shape index (κ2) is 16.7. The highest BCUT2D eigenvalue weighted by atomic mass is 16.7. The molecule has 3 rings (SSSR count). The van der Waals surface area contributed by atoms with Gasteiger partial charge in [-0.15, -0.1) is 0 Å². The van der Waals surface area contributed by atoms with Gasteiger partial charge in [-0.05, 0) is 36.1 Å². The van der Waals surface area contributed by atoms with Gasteiger partial charge in [0.15, 0.2) is 26.5 Å². The van der Waals surface area contributed by atoms with E-state index in [1.54, 1.807) is 19.2 Å². The van der Waals surface area contributed by atoms with Crippen LogP contribution in [-0.2, 0) is 18.9 Å². The molecule has 0 aromatic heterocycles. The molecular formula is C27H37N3O9. The predicted molar refractivity (Wildman–Crippen MR) is 141 cm³/mol. The molecule has 12 heteroatoms. The third kappa shape index (κ3) is 8.89. The molecule has 1 aliphatic heterocycles. The van der Waals surface area contributed by atoms with Crippen LogP contribution in [0.25, 0.3) is 10.4 Å². The molecule has 0 radical (unpaired) electrons. The minimum atomic E-state index is -1.06. The molecule has 0 fully saturated rings. The summed E-state index contributed by atoms with van der Waals surface area (Å²) in [5.74, 6) is 1.86. The summed E-state index contributed by atoms with van der Waals surface area (Å²) in [7, 11) is 4.60. The van der Waals surface area contributed by atoms with Crippen molar-refractivity contribution < 1.29 is 43.0 Å². The molecule has 0 unspecified atom stereocenters. The Morgan fingerprint density at radius 1 is 0.872 bits per heavy atom. The number of fused-ring (bicyclic) bond motifs is 1. The molecule has 39 heavy (non-hydrogen) atoms. The third-order valence-electron chi connectivity index (χ3n) is 5.99. The van der Waals surface area contributed by atoms with Gasteiger partial charge in [-0.2, -0.15) is 0 Å². The Hall–Kier alpha value is -3.25. The van der Waals surface area contributed by atoms with E-state index in [2.05, 4.69) is 10.0 Å². The number of aliphatic hydroxyl groups is 1. The molecule has 0 aliphatic carbocycles. The van der Waals surface area contributed by atoms with E-state index in [4.69, 9.17) is 43.4 Å². The van der Waals surface area contributed by atoms with Crippen molar-refractivity contribution in [3.63, 3.8) is 0 Å². The summed E-state index contributed by atoms with van der Waals surface area (Å²) in [6.07, 6.45) is 1.01. The summed E-state index contributed by atoms with van der Waals surface area (Å²) >= 11 is 0. The van der Waals surface area contributed by atoms with Crippen molar-refractivity contribution in [1.82, 2.24) is 0 Å². The van der Waals surface area contributed by atoms with Crippen LogP contribution in [0.1, 0.15) is 49.0 Å². The smallest absolute Gasteiger partial charge is 0.188 e. The molecule has 2 aromatic rings. The summed E-state index contributed by atoms with van der Waals surface area (Å²) < 4.78 is 44.7. The van der Waals surface area contributed by atoms with Crippen molar-refractivity contribution in [3.05, 3.63) is 58.0 Å². The maximum atomic E-state index is 11.6. The number of benzene rings is 2. The Kier molecular flexibility index (Phi) is 12.9. The molecular weight excluding hydrogens is 510 g/mol. The first-order valence-corrected chi connectivity index (χ1v) is 12.7. The topological polar surface area (TPSA) is 143 Å². The van der Waals surface area contributed by atoms with E-state index in [0.717, 1.165) is 31.2 Å². The monoisotopic (exact) mass is 547 g/mol. The first kappa shape index (κ1) is 30.3. The predicted octanol–water partition coefficient (Wildman–Crippen LogP) is 5.06. The number of azide groups is 1. The van der Waals surface area contributed by atoms with E-state index in [1.165, 1.54) is 14.2 Å². The van der Waals surface area contributed by atoms with E-state index in [1.807, 2.05) is 24.3 Å². The number of ether oxygens (including phenoxy) is 8. The minimum Gasteiger partial charge on any atom is -0.482 e. The first-order chi connectivity index (χ1) is 19.1. The van der Waals surface area contributed by atoms with Crippen LogP contribution in [0.3, 0.4) is 0 Å². The Morgan fingerprint density at radius 3 is 2.23 bits per heavy atom. The van der Waals surface area contributed by atoms with Gasteiger partial charge in [0.05, 0.1) is 5.56 Å². The number of nitrogens with zero attached hydrogens (tertiary/aromatic N) is 3. The van der Waals surface area contributed by atoms with Gasteiger partial charge in [0.1, 0.15) is 35.2 Å². The SMILES string of the molecule is COCOc1ccc([C@H]2Oc3cc(OCOC)cc(OCOC)c3[C@H](O)[C@@H]2OCCCCCCN=[N+]=[N-])cc1. The number of unbranched alkanes of at least 4 members (excludes halogenated alkanes) is 3. The van der Waals surface area contributed by atoms with E-state index < -0.39 is 18.3 Å². The molecule has 1 N–H and O–H groups in total. The van der Waals surface area contributed by atoms with Gasteiger partial charge in [0.25, 0.3) is 0 Å². The van der Waals surface area contributed by atoms with Crippen molar-refractivity contribution in [2.75, 3.05) is 54.9 Å². The van der Waals surface area contributed by atoms with Crippen LogP contribution in [0.15, 0.2) is 41.5 Å². The maximum Gasteiger partial charge on any atom is 0.188 e. The molecule has 214 valence electrons. The fraction of sp³-hybridized carbons (Fsp3) is 0.556. The van der Waals surface area contributed by atoms with Crippen LogP contribution in [0.2, 0.25) is 0 Å². The lowest BCUT2D eigenvalue weighted by Gasteiger charge is -2.38. The van der Waals surface area contributed by atoms with Crippen LogP contribution in [0.4, 0.5) is 0 Å². The Morgan fingerprint density at radius 2 is 1.54 bits per heavy atom. The average molecular weight is 548 g/mol. The van der Waals surface area contributed by atoms with E-state index in [9.17, 15) is 5.11 Å². The van der Waals surface area contributed by atoms with Crippen LogP contribution in [-0.4, -0.2) is 66.1 Å². The zero-order valence-electron chi connectivity index (χ0n) is 22.6. The number of methoxy groups -OCH3 is 3. The van der Waals surface area contributed by atoms with E-state index in [-0.39, 0.29) is 20.4 Å². The van der Waals surface area contributed by atoms with E-state index in [0.29, 0.717) is 41.7 Å². The summed E-state index contributed by atoms with van der Waals surface area (Å²) in [5, 5.41) is 15.2. The Bertz CT molecular complexity index is 1050. The van der Waals surface area contributed by atoms with Crippen LogP contribution < -0.4 is 18.9 Å². The molecule has 12 nitrogen and oxygen atoms in total. The molecule has 3 atom stereocenters. The average Bonchev–Trinajstić information content (AvgIpc) is 2.96. The zero-order chi connectivity index (χ0) is 27.9. The van der Waals surface area contributed by atoms with Gasteiger partial charge >= 0.3 is 0 Å². The van der Waals surface area contributed by atoms with Crippen molar-refractivity contribution in [2.24, 2.45) is 5.11 Å². The van der Waals surface area contributed by atoms with Crippen molar-refractivity contribution in [1.29, 1.82) is 0 Å². The molecule has 1 aliphatic rings. The third-order valence-corrected chi connectivity index (χ3v) is 5.99. The van der Waals surface area contributed by atoms with Gasteiger partial charge in [-0.25, -0.2) is 0 Å². The summed E-state index contributed by atoms with van der Waals surface area (Å²) in [6, 6.07) is 10.7. The molecule has 0 amide bonds. The standard InChI is InChI=1S/C27H37N3O9/c1-32-16-36-20-10-8-19(9-11-20)26-27(35-13-7-5-4-6-12-29-30-28)25(31)24-22(38-18-34-3)14-21(37-17-33-2)15-23(24)39-26/h8-11,14-15,25-27,31H,4-7,12-13,16-18H2,1-3H3/t25-,26+,27-/m0/s1. The number of rotatable bonds is 18. The molecule has 0 spiro atoms. The van der Waals surface area contributed by atoms with Crippen LogP contribution >= 0.6 is 0 Å². The molecule has 2 aromatic carbocycles. The number of aliphatic hydroxyl groups excluding tert-OH is 1. The lowest BCUT2D eigenvalue weighted by atomic mass is 9.91. The van der Waals surface area contributed by atoms with Gasteiger partial charge < -0.3 is 43.0 Å². The second-order valence-corrected chi connectivity index (χ2v) is 8.74. The lowest BCUT2D eigenvalue weighted by molar-refractivity contribution is -0.111. The normalized spacial score (nSPS) is 18.0. The lowest BCUT2D eigenvalue weighted by Crippen LogP contribution is -2.37. The highest BCUT2D eigenvalue weighted by Gasteiger charge is 2.41. The van der Waals surface area contributed by atoms with Gasteiger partial charge in [0, 0.05) is 51.5 Å². The van der Waals surface area contributed by atoms with Crippen LogP contribution in [0.5, 0.6) is 23.0 Å². The largest absolute Gasteiger partial charge is 0.482 e. The highest BCUT2D eigenvalue weighted by molar-refractivity contribution is 5.54. The molecule has 1 heterocycles. The number of hydrogen-bond acceptors (Lipinski definition) is 10. The minimum absolute atomic E-state index is 0.0272. The zero-order valence-corrected chi connectivity index (χ0v) is 22.6. The fourth-order valence-corrected chi connectivity index (χ4v) is 4.17. The van der Waals surface area contributed by atoms with Crippen LogP contribution in [0, 0.1) is 0 Å². The first-order valence-electron chi connectivity index (χ1n) is 12.7. The van der Waals surface area contributed by atoms with Crippen molar-refractivity contribution in [3.8, 4) is 23.0 Å². The molecule has 0 bridgehead atoms.